The van der Waals surface area contributed by atoms with Gasteiger partial charge in [0.1, 0.15) is 5.82 Å². The summed E-state index contributed by atoms with van der Waals surface area (Å²) in [6.45, 7) is 5.93. The fourth-order valence-corrected chi connectivity index (χ4v) is 3.03. The van der Waals surface area contributed by atoms with E-state index in [1.165, 1.54) is 18.2 Å². The van der Waals surface area contributed by atoms with Crippen molar-refractivity contribution in [2.45, 2.75) is 13.5 Å². The van der Waals surface area contributed by atoms with Crippen LogP contribution in [0.3, 0.4) is 0 Å². The molecule has 1 aliphatic rings. The number of nitro benzene ring substituents is 1. The van der Waals surface area contributed by atoms with Gasteiger partial charge in [0.25, 0.3) is 11.6 Å². The van der Waals surface area contributed by atoms with Crippen molar-refractivity contribution in [1.29, 1.82) is 0 Å². The molecule has 27 heavy (non-hydrogen) atoms. The van der Waals surface area contributed by atoms with Gasteiger partial charge in [-0.25, -0.2) is 4.98 Å². The zero-order chi connectivity index (χ0) is 19.4. The molecule has 1 aromatic heterocycles. The van der Waals surface area contributed by atoms with Gasteiger partial charge in [-0.05, 0) is 37.7 Å². The van der Waals surface area contributed by atoms with Gasteiger partial charge in [-0.15, -0.1) is 0 Å². The Hall–Kier alpha value is -3.00. The molecule has 1 N–H and O–H groups in total. The number of benzene rings is 1. The molecule has 8 heteroatoms. The summed E-state index contributed by atoms with van der Waals surface area (Å²) in [5, 5.41) is 13.7. The molecule has 0 spiro atoms. The summed E-state index contributed by atoms with van der Waals surface area (Å²) in [5.74, 6) is 0.681. The van der Waals surface area contributed by atoms with Crippen molar-refractivity contribution in [2.24, 2.45) is 0 Å². The Kier molecular flexibility index (Phi) is 5.66. The number of carbonyl (C=O) groups excluding carboxylic acids is 1. The van der Waals surface area contributed by atoms with Gasteiger partial charge in [0.05, 0.1) is 4.92 Å². The van der Waals surface area contributed by atoms with E-state index in [0.29, 0.717) is 17.7 Å². The second-order valence-corrected chi connectivity index (χ2v) is 6.76. The smallest absolute Gasteiger partial charge is 0.272 e. The third-order valence-electron chi connectivity index (χ3n) is 4.75. The van der Waals surface area contributed by atoms with Crippen molar-refractivity contribution in [1.82, 2.24) is 15.2 Å². The van der Waals surface area contributed by atoms with Crippen LogP contribution < -0.4 is 10.2 Å². The summed E-state index contributed by atoms with van der Waals surface area (Å²) >= 11 is 0. The van der Waals surface area contributed by atoms with Crippen LogP contribution in [0, 0.1) is 17.0 Å². The third kappa shape index (κ3) is 4.59. The summed E-state index contributed by atoms with van der Waals surface area (Å²) in [6.07, 6.45) is 1.77. The quantitative estimate of drug-likeness (QED) is 0.640. The molecule has 0 radical (unpaired) electrons. The maximum atomic E-state index is 12.3. The number of aromatic nitrogens is 1. The average molecular weight is 369 g/mol. The van der Waals surface area contributed by atoms with E-state index in [-0.39, 0.29) is 11.6 Å². The number of rotatable bonds is 5. The topological polar surface area (TPSA) is 91.6 Å². The number of aryl methyl sites for hydroxylation is 1. The maximum absolute atomic E-state index is 12.3. The van der Waals surface area contributed by atoms with E-state index in [9.17, 15) is 14.9 Å². The summed E-state index contributed by atoms with van der Waals surface area (Å²) in [4.78, 5) is 31.7. The molecule has 0 saturated carbocycles. The number of amides is 1. The highest BCUT2D eigenvalue weighted by Gasteiger charge is 2.16. The van der Waals surface area contributed by atoms with Crippen molar-refractivity contribution < 1.29 is 9.72 Å². The van der Waals surface area contributed by atoms with E-state index >= 15 is 0 Å². The van der Waals surface area contributed by atoms with Gasteiger partial charge in [0, 0.05) is 56.1 Å². The Balaban J connectivity index is 1.57. The second kappa shape index (κ2) is 8.13. The fourth-order valence-electron chi connectivity index (χ4n) is 3.03. The standard InChI is InChI=1S/C19H23N5O3/c1-14-11-16(4-5-17(14)24(26)27)19(25)21-13-15-3-6-18(20-12-15)23-9-7-22(2)8-10-23/h3-6,11-12H,7-10,13H2,1-2H3,(H,21,25). The Morgan fingerprint density at radius 3 is 2.56 bits per heavy atom. The van der Waals surface area contributed by atoms with Crippen molar-refractivity contribution in [2.75, 3.05) is 38.1 Å². The van der Waals surface area contributed by atoms with Crippen LogP contribution in [-0.2, 0) is 6.54 Å². The number of anilines is 1. The molecule has 8 nitrogen and oxygen atoms in total. The lowest BCUT2D eigenvalue weighted by Gasteiger charge is -2.33. The van der Waals surface area contributed by atoms with Crippen molar-refractivity contribution >= 4 is 17.4 Å². The molecule has 3 rings (SSSR count). The molecule has 1 saturated heterocycles. The number of carbonyl (C=O) groups is 1. The third-order valence-corrected chi connectivity index (χ3v) is 4.75. The minimum atomic E-state index is -0.454. The maximum Gasteiger partial charge on any atom is 0.272 e. The van der Waals surface area contributed by atoms with Crippen molar-refractivity contribution in [3.05, 3.63) is 63.3 Å². The van der Waals surface area contributed by atoms with Gasteiger partial charge in [0.2, 0.25) is 0 Å². The Labute approximate surface area is 158 Å². The monoisotopic (exact) mass is 369 g/mol. The minimum Gasteiger partial charge on any atom is -0.354 e. The van der Waals surface area contributed by atoms with Gasteiger partial charge in [0.15, 0.2) is 0 Å². The van der Waals surface area contributed by atoms with E-state index in [0.717, 1.165) is 37.6 Å². The zero-order valence-electron chi connectivity index (χ0n) is 15.5. The lowest BCUT2D eigenvalue weighted by Crippen LogP contribution is -2.44. The lowest BCUT2D eigenvalue weighted by atomic mass is 10.1. The summed E-state index contributed by atoms with van der Waals surface area (Å²) in [5.41, 5.74) is 1.78. The molecule has 0 aliphatic carbocycles. The summed E-state index contributed by atoms with van der Waals surface area (Å²) < 4.78 is 0. The molecule has 1 aromatic carbocycles. The Morgan fingerprint density at radius 1 is 1.22 bits per heavy atom. The number of likely N-dealkylation sites (N-methyl/N-ethyl adjacent to an activating group) is 1. The van der Waals surface area contributed by atoms with Gasteiger partial charge in [-0.2, -0.15) is 0 Å². The first-order chi connectivity index (χ1) is 12.9. The van der Waals surface area contributed by atoms with Crippen molar-refractivity contribution in [3.63, 3.8) is 0 Å². The van der Waals surface area contributed by atoms with Crippen LogP contribution in [0.4, 0.5) is 11.5 Å². The number of nitro groups is 1. The number of pyridine rings is 1. The van der Waals surface area contributed by atoms with Crippen LogP contribution in [0.1, 0.15) is 21.5 Å². The molecule has 1 fully saturated rings. The van der Waals surface area contributed by atoms with Crippen LogP contribution in [0.25, 0.3) is 0 Å². The van der Waals surface area contributed by atoms with Crippen LogP contribution in [0.5, 0.6) is 0 Å². The largest absolute Gasteiger partial charge is 0.354 e. The predicted molar refractivity (Wildman–Crippen MR) is 103 cm³/mol. The molecular weight excluding hydrogens is 346 g/mol. The highest BCUT2D eigenvalue weighted by atomic mass is 16.6. The fraction of sp³-hybridized carbons (Fsp3) is 0.368. The number of piperazine rings is 1. The van der Waals surface area contributed by atoms with Crippen molar-refractivity contribution in [3.8, 4) is 0 Å². The molecular formula is C19H23N5O3. The number of hydrogen-bond donors (Lipinski definition) is 1. The molecule has 1 aliphatic heterocycles. The number of nitrogens with one attached hydrogen (secondary N) is 1. The van der Waals surface area contributed by atoms with E-state index in [1.54, 1.807) is 13.1 Å². The van der Waals surface area contributed by atoms with Crippen LogP contribution >= 0.6 is 0 Å². The van der Waals surface area contributed by atoms with Gasteiger partial charge < -0.3 is 15.1 Å². The number of nitrogens with zero attached hydrogens (tertiary/aromatic N) is 4. The average Bonchev–Trinajstić information content (AvgIpc) is 2.67. The van der Waals surface area contributed by atoms with Gasteiger partial charge >= 0.3 is 0 Å². The Bertz CT molecular complexity index is 830. The van der Waals surface area contributed by atoms with Crippen LogP contribution in [-0.4, -0.2) is 53.9 Å². The van der Waals surface area contributed by atoms with E-state index in [4.69, 9.17) is 0 Å². The molecule has 2 heterocycles. The second-order valence-electron chi connectivity index (χ2n) is 6.76. The zero-order valence-corrected chi connectivity index (χ0v) is 15.5. The van der Waals surface area contributed by atoms with Gasteiger partial charge in [-0.1, -0.05) is 6.07 Å². The van der Waals surface area contributed by atoms with Crippen LogP contribution in [0.2, 0.25) is 0 Å². The van der Waals surface area contributed by atoms with Crippen LogP contribution in [0.15, 0.2) is 36.5 Å². The SMILES string of the molecule is Cc1cc(C(=O)NCc2ccc(N3CCN(C)CC3)nc2)ccc1[N+](=O)[O-]. The van der Waals surface area contributed by atoms with Gasteiger partial charge in [-0.3, -0.25) is 14.9 Å². The summed E-state index contributed by atoms with van der Waals surface area (Å²) in [7, 11) is 2.11. The normalized spacial score (nSPS) is 14.8. The first kappa shape index (κ1) is 18.8. The first-order valence-corrected chi connectivity index (χ1v) is 8.85. The summed E-state index contributed by atoms with van der Waals surface area (Å²) in [6, 6.07) is 8.29. The van der Waals surface area contributed by atoms with E-state index in [1.807, 2.05) is 12.1 Å². The lowest BCUT2D eigenvalue weighted by molar-refractivity contribution is -0.385. The molecule has 2 aromatic rings. The molecule has 142 valence electrons. The predicted octanol–water partition coefficient (Wildman–Crippen LogP) is 1.98. The molecule has 1 amide bonds. The molecule has 0 atom stereocenters. The first-order valence-electron chi connectivity index (χ1n) is 8.85. The number of hydrogen-bond acceptors (Lipinski definition) is 6. The van der Waals surface area contributed by atoms with E-state index < -0.39 is 4.92 Å². The highest BCUT2D eigenvalue weighted by molar-refractivity contribution is 5.94. The van der Waals surface area contributed by atoms with E-state index in [2.05, 4.69) is 27.1 Å². The Morgan fingerprint density at radius 2 is 1.96 bits per heavy atom. The minimum absolute atomic E-state index is 0.00949. The molecule has 0 bridgehead atoms. The highest BCUT2D eigenvalue weighted by Crippen LogP contribution is 2.19. The molecule has 0 unspecified atom stereocenters.